The van der Waals surface area contributed by atoms with Crippen molar-refractivity contribution in [3.63, 3.8) is 0 Å². The summed E-state index contributed by atoms with van der Waals surface area (Å²) >= 11 is 6.13. The van der Waals surface area contributed by atoms with Gasteiger partial charge in [0.25, 0.3) is 0 Å². The molecule has 3 aromatic carbocycles. The first-order chi connectivity index (χ1) is 19.4. The molecule has 0 aliphatic carbocycles. The van der Waals surface area contributed by atoms with Crippen molar-refractivity contribution in [2.75, 3.05) is 11.4 Å². The van der Waals surface area contributed by atoms with E-state index >= 15 is 0 Å². The van der Waals surface area contributed by atoms with E-state index in [4.69, 9.17) is 16.3 Å². The zero-order chi connectivity index (χ0) is 27.8. The number of anilines is 1. The fraction of sp³-hybridized carbons (Fsp3) is 0.233. The van der Waals surface area contributed by atoms with Crippen molar-refractivity contribution in [2.24, 2.45) is 7.05 Å². The average Bonchev–Trinajstić information content (AvgIpc) is 3.50. The normalized spacial score (nSPS) is 15.3. The largest absolute Gasteiger partial charge is 0.489 e. The Kier molecular flexibility index (Phi) is 7.00. The topological polar surface area (TPSA) is 79.7 Å². The van der Waals surface area contributed by atoms with Gasteiger partial charge in [-0.15, -0.1) is 0 Å². The van der Waals surface area contributed by atoms with E-state index in [-0.39, 0.29) is 24.8 Å². The van der Waals surface area contributed by atoms with E-state index in [0.29, 0.717) is 28.7 Å². The summed E-state index contributed by atoms with van der Waals surface area (Å²) in [5.41, 5.74) is 4.88. The molecule has 40 heavy (non-hydrogen) atoms. The number of halogens is 2. The number of imidazole rings is 1. The first-order valence-electron chi connectivity index (χ1n) is 13.0. The first kappa shape index (κ1) is 26.0. The Labute approximate surface area is 235 Å². The van der Waals surface area contributed by atoms with Crippen LogP contribution in [-0.4, -0.2) is 32.9 Å². The number of amides is 3. The molecule has 1 fully saturated rings. The molecular weight excluding hydrogens is 533 g/mol. The average molecular weight is 560 g/mol. The maximum absolute atomic E-state index is 14.1. The molecule has 0 saturated carbocycles. The Morgan fingerprint density at radius 3 is 2.70 bits per heavy atom. The molecule has 10 heteroatoms. The van der Waals surface area contributed by atoms with Gasteiger partial charge < -0.3 is 9.30 Å². The smallest absolute Gasteiger partial charge is 0.329 e. The summed E-state index contributed by atoms with van der Waals surface area (Å²) in [7, 11) is 1.87. The molecule has 1 N–H and O–H groups in total. The second kappa shape index (κ2) is 10.7. The van der Waals surface area contributed by atoms with E-state index in [1.807, 2.05) is 29.8 Å². The van der Waals surface area contributed by atoms with Crippen LogP contribution in [0, 0.1) is 5.82 Å². The molecule has 0 radical (unpaired) electrons. The van der Waals surface area contributed by atoms with E-state index in [0.717, 1.165) is 36.6 Å². The number of urea groups is 1. The van der Waals surface area contributed by atoms with Gasteiger partial charge in [0.2, 0.25) is 5.91 Å². The molecular formula is C30H27ClFN5O3. The summed E-state index contributed by atoms with van der Waals surface area (Å²) in [5.74, 6) is 1.40. The molecule has 0 bridgehead atoms. The molecule has 3 amide bonds. The Bertz CT molecular complexity index is 1600. The maximum Gasteiger partial charge on any atom is 0.329 e. The number of fused-ring (bicyclic) bond motifs is 1. The highest BCUT2D eigenvalue weighted by Crippen LogP contribution is 2.31. The summed E-state index contributed by atoms with van der Waals surface area (Å²) in [6.07, 6.45) is 1.93. The number of ether oxygens (including phenoxy) is 1. The summed E-state index contributed by atoms with van der Waals surface area (Å²) in [4.78, 5) is 32.3. The van der Waals surface area contributed by atoms with Gasteiger partial charge in [0.05, 0.1) is 11.2 Å². The van der Waals surface area contributed by atoms with Crippen LogP contribution >= 0.6 is 11.6 Å². The lowest BCUT2D eigenvalue weighted by molar-refractivity contribution is -0.120. The minimum Gasteiger partial charge on any atom is -0.489 e. The number of carbonyl (C=O) groups excluding carboxylic acids is 2. The van der Waals surface area contributed by atoms with Crippen molar-refractivity contribution >= 4 is 29.4 Å². The molecule has 204 valence electrons. The second-order valence-electron chi connectivity index (χ2n) is 10.0. The van der Waals surface area contributed by atoms with Gasteiger partial charge in [0, 0.05) is 50.8 Å². The maximum atomic E-state index is 14.1. The van der Waals surface area contributed by atoms with Gasteiger partial charge in [-0.3, -0.25) is 19.9 Å². The first-order valence-corrected chi connectivity index (χ1v) is 13.4. The Morgan fingerprint density at radius 1 is 1.05 bits per heavy atom. The number of carbonyl (C=O) groups is 2. The van der Waals surface area contributed by atoms with E-state index in [2.05, 4.69) is 39.5 Å². The van der Waals surface area contributed by atoms with Crippen LogP contribution in [0.4, 0.5) is 15.0 Å². The van der Waals surface area contributed by atoms with Crippen LogP contribution in [0.5, 0.6) is 5.75 Å². The minimum absolute atomic E-state index is 0.0579. The quantitative estimate of drug-likeness (QED) is 0.327. The lowest BCUT2D eigenvalue weighted by Gasteiger charge is -2.26. The van der Waals surface area contributed by atoms with Crippen molar-refractivity contribution in [1.82, 2.24) is 19.8 Å². The highest BCUT2D eigenvalue weighted by molar-refractivity contribution is 6.31. The van der Waals surface area contributed by atoms with Crippen LogP contribution in [0.25, 0.3) is 11.4 Å². The minimum atomic E-state index is -0.430. The van der Waals surface area contributed by atoms with Gasteiger partial charge in [0.1, 0.15) is 29.8 Å². The van der Waals surface area contributed by atoms with Gasteiger partial charge in [-0.25, -0.2) is 14.2 Å². The van der Waals surface area contributed by atoms with Gasteiger partial charge >= 0.3 is 6.03 Å². The van der Waals surface area contributed by atoms with Gasteiger partial charge in [-0.1, -0.05) is 41.9 Å². The lowest BCUT2D eigenvalue weighted by atomic mass is 10.1. The molecule has 2 aliphatic rings. The Balaban J connectivity index is 1.12. The van der Waals surface area contributed by atoms with Gasteiger partial charge in [-0.05, 0) is 47.0 Å². The SMILES string of the molecule is Cn1c(N2CCC(=O)NC2=O)cnc1-c1ccc2c(c1)CN(Cc1cccc(OCc3c(F)cccc3Cl)c1)C2. The Morgan fingerprint density at radius 2 is 1.88 bits per heavy atom. The second-order valence-corrected chi connectivity index (χ2v) is 10.4. The lowest BCUT2D eigenvalue weighted by Crippen LogP contribution is -2.50. The summed E-state index contributed by atoms with van der Waals surface area (Å²) in [6, 6.07) is 18.3. The fourth-order valence-corrected chi connectivity index (χ4v) is 5.45. The van der Waals surface area contributed by atoms with E-state index < -0.39 is 6.03 Å². The number of hydrogen-bond acceptors (Lipinski definition) is 5. The van der Waals surface area contributed by atoms with Crippen molar-refractivity contribution in [3.8, 4) is 17.1 Å². The van der Waals surface area contributed by atoms with Crippen molar-refractivity contribution in [2.45, 2.75) is 32.7 Å². The fourth-order valence-electron chi connectivity index (χ4n) is 5.24. The van der Waals surface area contributed by atoms with Crippen molar-refractivity contribution < 1.29 is 18.7 Å². The summed E-state index contributed by atoms with van der Waals surface area (Å²) in [5, 5.41) is 2.71. The monoisotopic (exact) mass is 559 g/mol. The van der Waals surface area contributed by atoms with Crippen molar-refractivity contribution in [3.05, 3.63) is 100.0 Å². The molecule has 8 nitrogen and oxygen atoms in total. The third-order valence-corrected chi connectivity index (χ3v) is 7.65. The molecule has 1 aromatic heterocycles. The highest BCUT2D eigenvalue weighted by atomic mass is 35.5. The molecule has 1 saturated heterocycles. The third-order valence-electron chi connectivity index (χ3n) is 7.30. The number of benzene rings is 3. The number of nitrogens with zero attached hydrogens (tertiary/aromatic N) is 4. The molecule has 4 aromatic rings. The number of hydrogen-bond donors (Lipinski definition) is 1. The zero-order valence-electron chi connectivity index (χ0n) is 21.9. The van der Waals surface area contributed by atoms with Gasteiger partial charge in [-0.2, -0.15) is 0 Å². The van der Waals surface area contributed by atoms with Crippen molar-refractivity contribution in [1.29, 1.82) is 0 Å². The number of rotatable bonds is 7. The molecule has 0 atom stereocenters. The summed E-state index contributed by atoms with van der Waals surface area (Å²) in [6.45, 7) is 2.72. The molecule has 6 rings (SSSR count). The standard InChI is InChI=1S/C30H27ClFN5O3/c1-35-28(37-11-10-27(38)34-30(37)39)14-33-29(35)20-8-9-21-16-36(17-22(21)13-20)15-19-4-2-5-23(12-19)40-18-24-25(31)6-3-7-26(24)32/h2-9,12-14H,10-11,15-18H2,1H3,(H,34,38,39). The van der Waals surface area contributed by atoms with E-state index in [1.54, 1.807) is 18.3 Å². The van der Waals surface area contributed by atoms with Crippen LogP contribution in [0.15, 0.2) is 66.9 Å². The summed E-state index contributed by atoms with van der Waals surface area (Å²) < 4.78 is 21.8. The third kappa shape index (κ3) is 5.17. The van der Waals surface area contributed by atoms with E-state index in [9.17, 15) is 14.0 Å². The van der Waals surface area contributed by atoms with Crippen LogP contribution in [-0.2, 0) is 38.1 Å². The number of nitrogens with one attached hydrogen (secondary N) is 1. The number of aromatic nitrogens is 2. The highest BCUT2D eigenvalue weighted by Gasteiger charge is 2.27. The van der Waals surface area contributed by atoms with Gasteiger partial charge in [0.15, 0.2) is 0 Å². The van der Waals surface area contributed by atoms with Crippen LogP contribution in [0.1, 0.15) is 28.7 Å². The molecule has 0 spiro atoms. The van der Waals surface area contributed by atoms with Crippen LogP contribution in [0.2, 0.25) is 5.02 Å². The Hall–Kier alpha value is -4.21. The van der Waals surface area contributed by atoms with Crippen LogP contribution in [0.3, 0.4) is 0 Å². The molecule has 2 aliphatic heterocycles. The molecule has 3 heterocycles. The molecule has 0 unspecified atom stereocenters. The predicted octanol–water partition coefficient (Wildman–Crippen LogP) is 5.42. The number of imide groups is 1. The van der Waals surface area contributed by atoms with E-state index in [1.165, 1.54) is 22.1 Å². The zero-order valence-corrected chi connectivity index (χ0v) is 22.6. The van der Waals surface area contributed by atoms with Crippen LogP contribution < -0.4 is 15.0 Å². The predicted molar refractivity (Wildman–Crippen MR) is 149 cm³/mol.